The molecule has 4 heteroatoms. The second-order valence-electron chi connectivity index (χ2n) is 9.05. The quantitative estimate of drug-likeness (QED) is 0.175. The molecule has 4 nitrogen and oxygen atoms in total. The minimum Gasteiger partial charge on any atom is -0.449 e. The Labute approximate surface area is 187 Å². The molecule has 1 heterocycles. The summed E-state index contributed by atoms with van der Waals surface area (Å²) in [6.07, 6.45) is 29.0. The Kier molecular flexibility index (Phi) is 19.0. The zero-order valence-corrected chi connectivity index (χ0v) is 20.1. The van der Waals surface area contributed by atoms with E-state index >= 15 is 0 Å². The van der Waals surface area contributed by atoms with Crippen LogP contribution in [0.2, 0.25) is 0 Å². The van der Waals surface area contributed by atoms with E-state index in [2.05, 4.69) is 11.9 Å². The molecule has 0 unspecified atom stereocenters. The fraction of sp³-hybridized carbons (Fsp3) is 0.923. The van der Waals surface area contributed by atoms with E-state index in [-0.39, 0.29) is 6.09 Å². The van der Waals surface area contributed by atoms with Gasteiger partial charge in [-0.3, -0.25) is 9.89 Å². The summed E-state index contributed by atoms with van der Waals surface area (Å²) in [4.78, 5) is 17.2. The number of hydrogen-bond donors (Lipinski definition) is 0. The van der Waals surface area contributed by atoms with Crippen molar-refractivity contribution in [2.24, 2.45) is 4.99 Å². The number of aliphatic imine (C=N–C) groups is 1. The van der Waals surface area contributed by atoms with E-state index in [1.54, 1.807) is 11.2 Å². The van der Waals surface area contributed by atoms with Crippen LogP contribution in [0.15, 0.2) is 4.99 Å². The topological polar surface area (TPSA) is 41.9 Å². The molecule has 0 aromatic rings. The summed E-state index contributed by atoms with van der Waals surface area (Å²) < 4.78 is 5.26. The van der Waals surface area contributed by atoms with Gasteiger partial charge in [0.1, 0.15) is 0 Å². The predicted molar refractivity (Wildman–Crippen MR) is 129 cm³/mol. The molecule has 1 rings (SSSR count). The third-order valence-electron chi connectivity index (χ3n) is 6.15. The zero-order valence-electron chi connectivity index (χ0n) is 20.1. The number of carbonyl (C=O) groups excluding carboxylic acids is 1. The van der Waals surface area contributed by atoms with Gasteiger partial charge in [0.2, 0.25) is 0 Å². The van der Waals surface area contributed by atoms with Crippen LogP contribution in [-0.4, -0.2) is 37.0 Å². The maximum atomic E-state index is 11.7. The third kappa shape index (κ3) is 16.7. The van der Waals surface area contributed by atoms with Crippen molar-refractivity contribution in [3.8, 4) is 0 Å². The smallest absolute Gasteiger partial charge is 0.415 e. The van der Waals surface area contributed by atoms with E-state index < -0.39 is 0 Å². The van der Waals surface area contributed by atoms with Gasteiger partial charge in [0.25, 0.3) is 0 Å². The van der Waals surface area contributed by atoms with Crippen molar-refractivity contribution in [2.75, 3.05) is 19.7 Å². The van der Waals surface area contributed by atoms with Crippen molar-refractivity contribution >= 4 is 12.4 Å². The highest BCUT2D eigenvalue weighted by Gasteiger charge is 2.15. The fourth-order valence-corrected chi connectivity index (χ4v) is 4.12. The molecule has 176 valence electrons. The first-order valence-corrected chi connectivity index (χ1v) is 13.3. The van der Waals surface area contributed by atoms with E-state index in [1.165, 1.54) is 122 Å². The Balaban J connectivity index is 1.66. The number of hydrogen-bond acceptors (Lipinski definition) is 3. The van der Waals surface area contributed by atoms with Gasteiger partial charge in [-0.2, -0.15) is 0 Å². The fourth-order valence-electron chi connectivity index (χ4n) is 4.12. The molecule has 0 aromatic heterocycles. The lowest BCUT2D eigenvalue weighted by atomic mass is 10.0. The lowest BCUT2D eigenvalue weighted by Gasteiger charge is -2.11. The van der Waals surface area contributed by atoms with Gasteiger partial charge in [-0.1, -0.05) is 129 Å². The van der Waals surface area contributed by atoms with Gasteiger partial charge in [-0.25, -0.2) is 4.79 Å². The van der Waals surface area contributed by atoms with Gasteiger partial charge in [0.15, 0.2) is 0 Å². The maximum Gasteiger partial charge on any atom is 0.415 e. The van der Waals surface area contributed by atoms with Crippen molar-refractivity contribution in [2.45, 2.75) is 135 Å². The highest BCUT2D eigenvalue weighted by Crippen LogP contribution is 2.14. The molecule has 0 bridgehead atoms. The second-order valence-corrected chi connectivity index (χ2v) is 9.05. The van der Waals surface area contributed by atoms with Gasteiger partial charge < -0.3 is 4.74 Å². The number of rotatable bonds is 21. The average molecular weight is 423 g/mol. The molecular formula is C26H50N2O2. The highest BCUT2D eigenvalue weighted by molar-refractivity contribution is 5.83. The van der Waals surface area contributed by atoms with Gasteiger partial charge in [0, 0.05) is 6.54 Å². The van der Waals surface area contributed by atoms with Crippen LogP contribution in [0.4, 0.5) is 4.79 Å². The number of nitrogens with zero attached hydrogens (tertiary/aromatic N) is 2. The van der Waals surface area contributed by atoms with E-state index in [0.717, 1.165) is 6.42 Å². The maximum absolute atomic E-state index is 11.7. The monoisotopic (exact) mass is 422 g/mol. The van der Waals surface area contributed by atoms with Crippen LogP contribution in [-0.2, 0) is 4.74 Å². The van der Waals surface area contributed by atoms with E-state index in [4.69, 9.17) is 4.74 Å². The molecule has 0 saturated heterocycles. The second kappa shape index (κ2) is 21.2. The number of amides is 1. The largest absolute Gasteiger partial charge is 0.449 e. The summed E-state index contributed by atoms with van der Waals surface area (Å²) in [5.74, 6) is 0. The van der Waals surface area contributed by atoms with Crippen LogP contribution in [0.5, 0.6) is 0 Å². The molecule has 0 radical (unpaired) electrons. The van der Waals surface area contributed by atoms with E-state index in [9.17, 15) is 4.79 Å². The Bertz CT molecular complexity index is 412. The summed E-state index contributed by atoms with van der Waals surface area (Å²) in [7, 11) is 0. The van der Waals surface area contributed by atoms with Crippen molar-refractivity contribution in [3.05, 3.63) is 0 Å². The molecule has 0 aliphatic carbocycles. The van der Waals surface area contributed by atoms with Gasteiger partial charge >= 0.3 is 6.09 Å². The van der Waals surface area contributed by atoms with Crippen LogP contribution in [0.1, 0.15) is 135 Å². The SMILES string of the molecule is CCCCCCCCCCCCCCCCCCCCCCOC(=O)N1C=NCC1. The standard InChI is InChI=1S/C26H50N2O2/c1-2-3-4-5-6-7-8-9-10-11-12-13-14-15-16-17-18-19-20-21-24-30-26(29)28-23-22-27-25-28/h25H,2-24H2,1H3. The van der Waals surface area contributed by atoms with Crippen LogP contribution in [0.3, 0.4) is 0 Å². The molecule has 0 atom stereocenters. The summed E-state index contributed by atoms with van der Waals surface area (Å²) in [6, 6.07) is 0. The normalized spacial score (nSPS) is 13.3. The Morgan fingerprint density at radius 2 is 1.10 bits per heavy atom. The molecule has 1 amide bonds. The van der Waals surface area contributed by atoms with Crippen LogP contribution < -0.4 is 0 Å². The van der Waals surface area contributed by atoms with Crippen molar-refractivity contribution in [1.29, 1.82) is 0 Å². The first-order valence-electron chi connectivity index (χ1n) is 13.3. The number of carbonyl (C=O) groups is 1. The summed E-state index contributed by atoms with van der Waals surface area (Å²) >= 11 is 0. The summed E-state index contributed by atoms with van der Waals surface area (Å²) in [5, 5.41) is 0. The highest BCUT2D eigenvalue weighted by atomic mass is 16.6. The lowest BCUT2D eigenvalue weighted by molar-refractivity contribution is 0.124. The molecule has 0 aromatic carbocycles. The van der Waals surface area contributed by atoms with Gasteiger partial charge in [-0.15, -0.1) is 0 Å². The Morgan fingerprint density at radius 1 is 0.700 bits per heavy atom. The lowest BCUT2D eigenvalue weighted by Crippen LogP contribution is -2.28. The molecule has 0 fully saturated rings. The molecule has 0 N–H and O–H groups in total. The average Bonchev–Trinajstić information content (AvgIpc) is 3.30. The zero-order chi connectivity index (χ0) is 21.5. The first-order chi connectivity index (χ1) is 14.8. The van der Waals surface area contributed by atoms with E-state index in [1.807, 2.05) is 0 Å². The minimum absolute atomic E-state index is 0.242. The molecule has 1 aliphatic heterocycles. The van der Waals surface area contributed by atoms with Crippen molar-refractivity contribution in [3.63, 3.8) is 0 Å². The number of unbranched alkanes of at least 4 members (excludes halogenated alkanes) is 19. The first kappa shape index (κ1) is 27.0. The van der Waals surface area contributed by atoms with Crippen LogP contribution in [0.25, 0.3) is 0 Å². The van der Waals surface area contributed by atoms with Crippen LogP contribution in [0, 0.1) is 0 Å². The van der Waals surface area contributed by atoms with Gasteiger partial charge in [0.05, 0.1) is 19.5 Å². The predicted octanol–water partition coefficient (Wildman–Crippen LogP) is 8.29. The molecule has 1 aliphatic rings. The molecular weight excluding hydrogens is 372 g/mol. The van der Waals surface area contributed by atoms with E-state index in [0.29, 0.717) is 19.7 Å². The van der Waals surface area contributed by atoms with Crippen molar-refractivity contribution in [1.82, 2.24) is 4.90 Å². The van der Waals surface area contributed by atoms with Crippen LogP contribution >= 0.6 is 0 Å². The summed E-state index contributed by atoms with van der Waals surface area (Å²) in [6.45, 7) is 4.20. The van der Waals surface area contributed by atoms with Gasteiger partial charge in [-0.05, 0) is 6.42 Å². The minimum atomic E-state index is -0.242. The van der Waals surface area contributed by atoms with Crippen molar-refractivity contribution < 1.29 is 9.53 Å². The summed E-state index contributed by atoms with van der Waals surface area (Å²) in [5.41, 5.74) is 0. The molecule has 30 heavy (non-hydrogen) atoms. The molecule has 0 saturated carbocycles. The third-order valence-corrected chi connectivity index (χ3v) is 6.15. The molecule has 0 spiro atoms. The Morgan fingerprint density at radius 3 is 1.47 bits per heavy atom. The number of ether oxygens (including phenoxy) is 1. The Hall–Kier alpha value is -1.06.